The molecule has 3 aromatic carbocycles. The molecule has 29 heavy (non-hydrogen) atoms. The predicted molar refractivity (Wildman–Crippen MR) is 103 cm³/mol. The van der Waals surface area contributed by atoms with Crippen LogP contribution in [0.1, 0.15) is 21.5 Å². The minimum absolute atomic E-state index is 0.0766. The number of amides is 1. The standard InChI is InChI=1S/C21H13ClF4N2O/c22-16-5-1-3-14-18-15(20(27)29)4-2-6-17(18)28(19(14)16)10-11-7-12(21(24,25)26)9-13(23)8-11/h1-9H,10H2,(H2,27,29). The maximum atomic E-state index is 13.9. The number of hydrogen-bond donors (Lipinski definition) is 1. The molecule has 1 amide bonds. The van der Waals surface area contributed by atoms with Gasteiger partial charge in [-0.05, 0) is 42.0 Å². The number of para-hydroxylation sites is 1. The maximum Gasteiger partial charge on any atom is 0.416 e. The zero-order chi connectivity index (χ0) is 20.9. The Kier molecular flexibility index (Phi) is 4.50. The van der Waals surface area contributed by atoms with Gasteiger partial charge in [0, 0.05) is 22.9 Å². The Balaban J connectivity index is 2.01. The van der Waals surface area contributed by atoms with E-state index in [4.69, 9.17) is 17.3 Å². The van der Waals surface area contributed by atoms with E-state index in [1.165, 1.54) is 0 Å². The lowest BCUT2D eigenvalue weighted by atomic mass is 10.1. The van der Waals surface area contributed by atoms with Crippen LogP contribution in [-0.4, -0.2) is 10.5 Å². The summed E-state index contributed by atoms with van der Waals surface area (Å²) in [6, 6.07) is 12.4. The number of primary amides is 1. The van der Waals surface area contributed by atoms with Crippen molar-refractivity contribution < 1.29 is 22.4 Å². The molecule has 2 N–H and O–H groups in total. The van der Waals surface area contributed by atoms with Gasteiger partial charge in [-0.3, -0.25) is 4.79 Å². The monoisotopic (exact) mass is 420 g/mol. The van der Waals surface area contributed by atoms with Crippen LogP contribution in [0.3, 0.4) is 0 Å². The van der Waals surface area contributed by atoms with E-state index in [0.29, 0.717) is 32.9 Å². The van der Waals surface area contributed by atoms with Crippen molar-refractivity contribution in [3.63, 3.8) is 0 Å². The fourth-order valence-electron chi connectivity index (χ4n) is 3.62. The number of hydrogen-bond acceptors (Lipinski definition) is 1. The first kappa shape index (κ1) is 19.3. The smallest absolute Gasteiger partial charge is 0.366 e. The van der Waals surface area contributed by atoms with Crippen molar-refractivity contribution in [2.75, 3.05) is 0 Å². The number of aromatic nitrogens is 1. The average Bonchev–Trinajstić information content (AvgIpc) is 2.96. The SMILES string of the molecule is NC(=O)c1cccc2c1c1cccc(Cl)c1n2Cc1cc(F)cc(C(F)(F)F)c1. The second-order valence-corrected chi connectivity index (χ2v) is 7.04. The average molecular weight is 421 g/mol. The van der Waals surface area contributed by atoms with E-state index in [0.717, 1.165) is 12.1 Å². The van der Waals surface area contributed by atoms with Crippen LogP contribution in [0.2, 0.25) is 5.02 Å². The minimum Gasteiger partial charge on any atom is -0.366 e. The van der Waals surface area contributed by atoms with E-state index in [2.05, 4.69) is 0 Å². The van der Waals surface area contributed by atoms with Gasteiger partial charge in [0.1, 0.15) is 5.82 Å². The van der Waals surface area contributed by atoms with E-state index in [9.17, 15) is 22.4 Å². The highest BCUT2D eigenvalue weighted by Crippen LogP contribution is 2.36. The lowest BCUT2D eigenvalue weighted by molar-refractivity contribution is -0.137. The molecule has 1 heterocycles. The Morgan fingerprint density at radius 2 is 1.79 bits per heavy atom. The summed E-state index contributed by atoms with van der Waals surface area (Å²) < 4.78 is 54.8. The number of fused-ring (bicyclic) bond motifs is 3. The number of rotatable bonds is 3. The molecule has 0 saturated heterocycles. The molecular formula is C21H13ClF4N2O. The zero-order valence-corrected chi connectivity index (χ0v) is 15.5. The van der Waals surface area contributed by atoms with Gasteiger partial charge >= 0.3 is 6.18 Å². The van der Waals surface area contributed by atoms with Crippen LogP contribution in [0, 0.1) is 5.82 Å². The highest BCUT2D eigenvalue weighted by molar-refractivity contribution is 6.37. The summed E-state index contributed by atoms with van der Waals surface area (Å²) in [4.78, 5) is 11.9. The summed E-state index contributed by atoms with van der Waals surface area (Å²) in [5, 5.41) is 1.53. The van der Waals surface area contributed by atoms with Gasteiger partial charge < -0.3 is 10.3 Å². The molecule has 0 radical (unpaired) electrons. The van der Waals surface area contributed by atoms with Crippen LogP contribution in [0.25, 0.3) is 21.8 Å². The highest BCUT2D eigenvalue weighted by atomic mass is 35.5. The molecule has 4 aromatic rings. The molecule has 8 heteroatoms. The first-order valence-electron chi connectivity index (χ1n) is 8.52. The molecule has 0 spiro atoms. The predicted octanol–water partition coefficient (Wildman–Crippen LogP) is 5.75. The van der Waals surface area contributed by atoms with Crippen molar-refractivity contribution in [2.45, 2.75) is 12.7 Å². The lowest BCUT2D eigenvalue weighted by Crippen LogP contribution is -2.11. The second-order valence-electron chi connectivity index (χ2n) is 6.63. The van der Waals surface area contributed by atoms with Crippen LogP contribution in [0.5, 0.6) is 0 Å². The molecule has 0 bridgehead atoms. The second kappa shape index (κ2) is 6.77. The van der Waals surface area contributed by atoms with E-state index >= 15 is 0 Å². The molecule has 0 aliphatic carbocycles. The van der Waals surface area contributed by atoms with Gasteiger partial charge in [-0.25, -0.2) is 4.39 Å². The molecule has 0 unspecified atom stereocenters. The van der Waals surface area contributed by atoms with Gasteiger partial charge in [-0.15, -0.1) is 0 Å². The molecular weight excluding hydrogens is 408 g/mol. The molecule has 4 rings (SSSR count). The molecule has 0 aliphatic heterocycles. The third-order valence-corrected chi connectivity index (χ3v) is 5.06. The summed E-state index contributed by atoms with van der Waals surface area (Å²) in [6.45, 7) is -0.0766. The number of nitrogens with two attached hydrogens (primary N) is 1. The molecule has 0 fully saturated rings. The Morgan fingerprint density at radius 3 is 2.48 bits per heavy atom. The highest BCUT2D eigenvalue weighted by Gasteiger charge is 2.31. The van der Waals surface area contributed by atoms with Crippen LogP contribution < -0.4 is 5.73 Å². The van der Waals surface area contributed by atoms with Crippen molar-refractivity contribution in [3.8, 4) is 0 Å². The van der Waals surface area contributed by atoms with Gasteiger partial charge in [-0.1, -0.05) is 29.8 Å². The van der Waals surface area contributed by atoms with Crippen molar-refractivity contribution >= 4 is 39.3 Å². The summed E-state index contributed by atoms with van der Waals surface area (Å²) in [5.74, 6) is -1.63. The van der Waals surface area contributed by atoms with E-state index in [1.54, 1.807) is 41.0 Å². The fraction of sp³-hybridized carbons (Fsp3) is 0.0952. The van der Waals surface area contributed by atoms with E-state index in [1.807, 2.05) is 0 Å². The van der Waals surface area contributed by atoms with Gasteiger partial charge in [0.2, 0.25) is 5.91 Å². The van der Waals surface area contributed by atoms with Crippen LogP contribution in [0.4, 0.5) is 17.6 Å². The Morgan fingerprint density at radius 1 is 1.07 bits per heavy atom. The normalized spacial score (nSPS) is 12.0. The zero-order valence-electron chi connectivity index (χ0n) is 14.7. The first-order chi connectivity index (χ1) is 13.7. The van der Waals surface area contributed by atoms with Gasteiger partial charge in [-0.2, -0.15) is 13.2 Å². The molecule has 148 valence electrons. The van der Waals surface area contributed by atoms with Gasteiger partial charge in [0.15, 0.2) is 0 Å². The van der Waals surface area contributed by atoms with Crippen LogP contribution in [-0.2, 0) is 12.7 Å². The van der Waals surface area contributed by atoms with Crippen LogP contribution in [0.15, 0.2) is 54.6 Å². The van der Waals surface area contributed by atoms with Gasteiger partial charge in [0.25, 0.3) is 0 Å². The summed E-state index contributed by atoms with van der Waals surface area (Å²) in [6.07, 6.45) is -4.67. The molecule has 1 aromatic heterocycles. The van der Waals surface area contributed by atoms with Gasteiger partial charge in [0.05, 0.1) is 21.6 Å². The maximum absolute atomic E-state index is 13.9. The fourth-order valence-corrected chi connectivity index (χ4v) is 3.89. The number of alkyl halides is 3. The summed E-state index contributed by atoms with van der Waals surface area (Å²) in [7, 11) is 0. The first-order valence-corrected chi connectivity index (χ1v) is 8.90. The molecule has 0 saturated carbocycles. The molecule has 0 atom stereocenters. The van der Waals surface area contributed by atoms with E-state index < -0.39 is 23.5 Å². The summed E-state index contributed by atoms with van der Waals surface area (Å²) >= 11 is 6.38. The van der Waals surface area contributed by atoms with Crippen LogP contribution >= 0.6 is 11.6 Å². The Hall–Kier alpha value is -3.06. The number of halogens is 5. The number of nitrogens with zero attached hydrogens (tertiary/aromatic N) is 1. The third-order valence-electron chi connectivity index (χ3n) is 4.75. The minimum atomic E-state index is -4.67. The van der Waals surface area contributed by atoms with E-state index in [-0.39, 0.29) is 17.7 Å². The Labute approximate surface area is 167 Å². The summed E-state index contributed by atoms with van der Waals surface area (Å²) in [5.41, 5.74) is 5.89. The lowest BCUT2D eigenvalue weighted by Gasteiger charge is -2.12. The topological polar surface area (TPSA) is 48.0 Å². The number of carbonyl (C=O) groups excluding carboxylic acids is 1. The largest absolute Gasteiger partial charge is 0.416 e. The van der Waals surface area contributed by atoms with Crippen molar-refractivity contribution in [1.82, 2.24) is 4.57 Å². The van der Waals surface area contributed by atoms with Crippen molar-refractivity contribution in [2.24, 2.45) is 5.73 Å². The van der Waals surface area contributed by atoms with Crippen molar-refractivity contribution in [3.05, 3.63) is 82.1 Å². The Bertz CT molecular complexity index is 1280. The quantitative estimate of drug-likeness (QED) is 0.421. The number of benzene rings is 3. The molecule has 0 aliphatic rings. The molecule has 3 nitrogen and oxygen atoms in total. The van der Waals surface area contributed by atoms with Crippen molar-refractivity contribution in [1.29, 1.82) is 0 Å². The third kappa shape index (κ3) is 3.31. The number of carbonyl (C=O) groups is 1.